The molecule has 0 aliphatic carbocycles. The fraction of sp³-hybridized carbons (Fsp3) is 0.273. The Morgan fingerprint density at radius 2 is 2.11 bits per heavy atom. The number of nitrogens with zero attached hydrogens (tertiary/aromatic N) is 4. The first-order chi connectivity index (χ1) is 8.65. The summed E-state index contributed by atoms with van der Waals surface area (Å²) >= 11 is 0. The Bertz CT molecular complexity index is 555. The van der Waals surface area contributed by atoms with Crippen molar-refractivity contribution in [3.05, 3.63) is 41.5 Å². The average Bonchev–Trinajstić information content (AvgIpc) is 2.75. The van der Waals surface area contributed by atoms with Crippen molar-refractivity contribution < 1.29 is 14.3 Å². The normalized spacial score (nSPS) is 10.5. The lowest BCUT2D eigenvalue weighted by Crippen LogP contribution is -2.11. The lowest BCUT2D eigenvalue weighted by atomic mass is 10.1. The number of rotatable bonds is 5. The summed E-state index contributed by atoms with van der Waals surface area (Å²) in [7, 11) is 0. The predicted octanol–water partition coefficient (Wildman–Crippen LogP) is 0.682. The number of tetrazole rings is 1. The topological polar surface area (TPSA) is 80.9 Å². The third kappa shape index (κ3) is 3.09. The van der Waals surface area contributed by atoms with Crippen molar-refractivity contribution in [3.8, 4) is 0 Å². The maximum Gasteiger partial charge on any atom is 0.327 e. The molecule has 94 valence electrons. The Labute approximate surface area is 102 Å². The summed E-state index contributed by atoms with van der Waals surface area (Å²) < 4.78 is 13.3. The van der Waals surface area contributed by atoms with E-state index in [4.69, 9.17) is 5.11 Å². The van der Waals surface area contributed by atoms with Crippen molar-refractivity contribution in [2.75, 3.05) is 0 Å². The SMILES string of the molecule is O=C(O)Cn1nnc(CCc2ccccc2F)n1. The third-order valence-electron chi connectivity index (χ3n) is 2.35. The minimum Gasteiger partial charge on any atom is -0.480 e. The van der Waals surface area contributed by atoms with E-state index in [-0.39, 0.29) is 12.4 Å². The van der Waals surface area contributed by atoms with Crippen molar-refractivity contribution in [2.45, 2.75) is 19.4 Å². The standard InChI is InChI=1S/C11H11FN4O2/c12-9-4-2-1-3-8(9)5-6-10-13-15-16(14-10)7-11(17)18/h1-4H,5-7H2,(H,17,18). The average molecular weight is 250 g/mol. The number of benzene rings is 1. The smallest absolute Gasteiger partial charge is 0.327 e. The van der Waals surface area contributed by atoms with Crippen LogP contribution in [0.1, 0.15) is 11.4 Å². The van der Waals surface area contributed by atoms with E-state index in [1.54, 1.807) is 18.2 Å². The first-order valence-electron chi connectivity index (χ1n) is 5.37. The number of carbonyl (C=O) groups is 1. The molecule has 1 heterocycles. The van der Waals surface area contributed by atoms with Crippen molar-refractivity contribution in [2.24, 2.45) is 0 Å². The summed E-state index contributed by atoms with van der Waals surface area (Å²) in [5.74, 6) is -0.900. The molecule has 0 saturated carbocycles. The number of aryl methyl sites for hydroxylation is 2. The molecule has 0 aliphatic heterocycles. The number of carboxylic acid groups (broad SMARTS) is 1. The number of halogens is 1. The van der Waals surface area contributed by atoms with Gasteiger partial charge in [0.25, 0.3) is 0 Å². The molecule has 2 rings (SSSR count). The van der Waals surface area contributed by atoms with Crippen LogP contribution in [0.15, 0.2) is 24.3 Å². The van der Waals surface area contributed by atoms with E-state index in [1.165, 1.54) is 6.07 Å². The van der Waals surface area contributed by atoms with Gasteiger partial charge < -0.3 is 5.11 Å². The van der Waals surface area contributed by atoms with Crippen molar-refractivity contribution in [1.29, 1.82) is 0 Å². The lowest BCUT2D eigenvalue weighted by Gasteiger charge is -1.99. The van der Waals surface area contributed by atoms with Gasteiger partial charge in [-0.05, 0) is 23.3 Å². The maximum absolute atomic E-state index is 13.3. The maximum atomic E-state index is 13.3. The summed E-state index contributed by atoms with van der Waals surface area (Å²) in [6.07, 6.45) is 0.867. The molecule has 0 saturated heterocycles. The molecule has 1 N–H and O–H groups in total. The summed E-state index contributed by atoms with van der Waals surface area (Å²) in [6, 6.07) is 6.47. The first kappa shape index (κ1) is 12.2. The van der Waals surface area contributed by atoms with Crippen LogP contribution >= 0.6 is 0 Å². The van der Waals surface area contributed by atoms with E-state index in [0.29, 0.717) is 24.2 Å². The molecule has 2 aromatic rings. The fourth-order valence-electron chi connectivity index (χ4n) is 1.51. The van der Waals surface area contributed by atoms with E-state index in [2.05, 4.69) is 15.4 Å². The van der Waals surface area contributed by atoms with Gasteiger partial charge in [0.1, 0.15) is 5.82 Å². The highest BCUT2D eigenvalue weighted by Crippen LogP contribution is 2.08. The second-order valence-electron chi connectivity index (χ2n) is 3.72. The molecule has 0 amide bonds. The zero-order valence-corrected chi connectivity index (χ0v) is 9.45. The summed E-state index contributed by atoms with van der Waals surface area (Å²) in [5, 5.41) is 19.7. The van der Waals surface area contributed by atoms with Crippen molar-refractivity contribution >= 4 is 5.97 Å². The van der Waals surface area contributed by atoms with Crippen LogP contribution in [-0.4, -0.2) is 31.3 Å². The zero-order valence-electron chi connectivity index (χ0n) is 9.45. The van der Waals surface area contributed by atoms with Crippen LogP contribution in [0, 0.1) is 5.82 Å². The van der Waals surface area contributed by atoms with Crippen LogP contribution in [0.25, 0.3) is 0 Å². The van der Waals surface area contributed by atoms with Crippen LogP contribution in [0.3, 0.4) is 0 Å². The van der Waals surface area contributed by atoms with E-state index < -0.39 is 5.97 Å². The molecular weight excluding hydrogens is 239 g/mol. The Morgan fingerprint density at radius 1 is 1.33 bits per heavy atom. The van der Waals surface area contributed by atoms with Crippen LogP contribution in [0.4, 0.5) is 4.39 Å². The van der Waals surface area contributed by atoms with Crippen LogP contribution in [-0.2, 0) is 24.2 Å². The monoisotopic (exact) mass is 250 g/mol. The van der Waals surface area contributed by atoms with Gasteiger partial charge in [0.2, 0.25) is 0 Å². The molecular formula is C11H11FN4O2. The Morgan fingerprint density at radius 3 is 2.83 bits per heavy atom. The van der Waals surface area contributed by atoms with E-state index >= 15 is 0 Å². The molecule has 1 aromatic heterocycles. The summed E-state index contributed by atoms with van der Waals surface area (Å²) in [5.41, 5.74) is 0.576. The molecule has 0 unspecified atom stereocenters. The molecule has 1 aromatic carbocycles. The molecule has 0 radical (unpaired) electrons. The van der Waals surface area contributed by atoms with Crippen LogP contribution in [0.2, 0.25) is 0 Å². The van der Waals surface area contributed by atoms with Gasteiger partial charge in [0.05, 0.1) is 0 Å². The first-order valence-corrected chi connectivity index (χ1v) is 5.37. The molecule has 0 fully saturated rings. The number of carboxylic acids is 1. The van der Waals surface area contributed by atoms with Gasteiger partial charge in [0, 0.05) is 6.42 Å². The molecule has 7 heteroatoms. The van der Waals surface area contributed by atoms with Gasteiger partial charge in [-0.1, -0.05) is 18.2 Å². The molecule has 0 spiro atoms. The predicted molar refractivity (Wildman–Crippen MR) is 59.3 cm³/mol. The second kappa shape index (κ2) is 5.35. The van der Waals surface area contributed by atoms with Gasteiger partial charge in [-0.3, -0.25) is 4.79 Å². The minimum absolute atomic E-state index is 0.268. The summed E-state index contributed by atoms with van der Waals surface area (Å²) in [6.45, 7) is -0.327. The van der Waals surface area contributed by atoms with Gasteiger partial charge in [0.15, 0.2) is 12.4 Å². The highest BCUT2D eigenvalue weighted by molar-refractivity contribution is 5.66. The van der Waals surface area contributed by atoms with Crippen molar-refractivity contribution in [3.63, 3.8) is 0 Å². The van der Waals surface area contributed by atoms with Gasteiger partial charge in [-0.2, -0.15) is 4.80 Å². The quantitative estimate of drug-likeness (QED) is 0.844. The number of hydrogen-bond acceptors (Lipinski definition) is 4. The molecule has 0 atom stereocenters. The van der Waals surface area contributed by atoms with Crippen LogP contribution < -0.4 is 0 Å². The second-order valence-corrected chi connectivity index (χ2v) is 3.72. The number of hydrogen-bond donors (Lipinski definition) is 1. The Hall–Kier alpha value is -2.31. The highest BCUT2D eigenvalue weighted by Gasteiger charge is 2.07. The lowest BCUT2D eigenvalue weighted by molar-refractivity contribution is -0.138. The van der Waals surface area contributed by atoms with E-state index in [9.17, 15) is 9.18 Å². The molecule has 6 nitrogen and oxygen atoms in total. The Kier molecular flexibility index (Phi) is 3.61. The van der Waals surface area contributed by atoms with Crippen molar-refractivity contribution in [1.82, 2.24) is 20.2 Å². The molecule has 0 bridgehead atoms. The molecule has 18 heavy (non-hydrogen) atoms. The van der Waals surface area contributed by atoms with E-state index in [1.807, 2.05) is 0 Å². The van der Waals surface area contributed by atoms with Gasteiger partial charge in [-0.25, -0.2) is 4.39 Å². The zero-order chi connectivity index (χ0) is 13.0. The van der Waals surface area contributed by atoms with Gasteiger partial charge >= 0.3 is 5.97 Å². The highest BCUT2D eigenvalue weighted by atomic mass is 19.1. The minimum atomic E-state index is -1.03. The molecule has 0 aliphatic rings. The summed E-state index contributed by atoms with van der Waals surface area (Å²) in [4.78, 5) is 11.4. The fourth-order valence-corrected chi connectivity index (χ4v) is 1.51. The number of aromatic nitrogens is 4. The largest absolute Gasteiger partial charge is 0.480 e. The van der Waals surface area contributed by atoms with Crippen LogP contribution in [0.5, 0.6) is 0 Å². The van der Waals surface area contributed by atoms with Gasteiger partial charge in [-0.15, -0.1) is 10.2 Å². The van der Waals surface area contributed by atoms with E-state index in [0.717, 1.165) is 4.80 Å². The number of aliphatic carboxylic acids is 1. The third-order valence-corrected chi connectivity index (χ3v) is 2.35. The Balaban J connectivity index is 1.96.